The predicted octanol–water partition coefficient (Wildman–Crippen LogP) is 3.37. The molecular formula is C25H28N6O2S. The van der Waals surface area contributed by atoms with Crippen LogP contribution in [0.4, 0.5) is 0 Å². The number of nitrogens with zero attached hydrogens (tertiary/aromatic N) is 4. The van der Waals surface area contributed by atoms with Crippen LogP contribution in [0.5, 0.6) is 0 Å². The monoisotopic (exact) mass is 476 g/mol. The summed E-state index contributed by atoms with van der Waals surface area (Å²) in [4.78, 5) is 41.7. The molecule has 0 saturated carbocycles. The van der Waals surface area contributed by atoms with Crippen LogP contribution < -0.4 is 10.6 Å². The highest BCUT2D eigenvalue weighted by Gasteiger charge is 2.33. The van der Waals surface area contributed by atoms with Gasteiger partial charge < -0.3 is 15.5 Å². The number of amides is 2. The van der Waals surface area contributed by atoms with E-state index in [-0.39, 0.29) is 17.9 Å². The van der Waals surface area contributed by atoms with Gasteiger partial charge in [-0.2, -0.15) is 0 Å². The van der Waals surface area contributed by atoms with Crippen LogP contribution in [0.2, 0.25) is 0 Å². The molecule has 0 aliphatic carbocycles. The van der Waals surface area contributed by atoms with Crippen molar-refractivity contribution >= 4 is 23.2 Å². The highest BCUT2D eigenvalue weighted by atomic mass is 32.1. The summed E-state index contributed by atoms with van der Waals surface area (Å²) in [5.41, 5.74) is 3.23. The molecule has 2 aliphatic rings. The molecule has 2 aliphatic heterocycles. The molecule has 3 aromatic rings. The molecule has 0 radical (unpaired) electrons. The number of carbonyl (C=O) groups excluding carboxylic acids is 2. The van der Waals surface area contributed by atoms with Crippen molar-refractivity contribution in [2.45, 2.75) is 44.7 Å². The van der Waals surface area contributed by atoms with Crippen molar-refractivity contribution in [3.63, 3.8) is 0 Å². The number of aryl methyl sites for hydroxylation is 1. The van der Waals surface area contributed by atoms with E-state index in [9.17, 15) is 9.59 Å². The van der Waals surface area contributed by atoms with E-state index in [0.29, 0.717) is 41.5 Å². The van der Waals surface area contributed by atoms with E-state index in [1.165, 1.54) is 0 Å². The van der Waals surface area contributed by atoms with Crippen molar-refractivity contribution in [1.29, 1.82) is 0 Å². The number of thiazole rings is 1. The zero-order valence-corrected chi connectivity index (χ0v) is 20.0. The maximum absolute atomic E-state index is 13.7. The number of rotatable bonds is 7. The molecule has 4 heterocycles. The number of carbonyl (C=O) groups is 2. The molecule has 2 amide bonds. The van der Waals surface area contributed by atoms with Crippen LogP contribution in [0.25, 0.3) is 11.3 Å². The Morgan fingerprint density at radius 3 is 2.76 bits per heavy atom. The van der Waals surface area contributed by atoms with Crippen molar-refractivity contribution < 1.29 is 9.59 Å². The van der Waals surface area contributed by atoms with Crippen molar-refractivity contribution in [2.75, 3.05) is 19.6 Å². The molecule has 8 nitrogen and oxygen atoms in total. The van der Waals surface area contributed by atoms with Gasteiger partial charge in [-0.1, -0.05) is 0 Å². The largest absolute Gasteiger partial charge is 0.352 e. The normalized spacial score (nSPS) is 19.6. The van der Waals surface area contributed by atoms with Gasteiger partial charge in [0, 0.05) is 59.3 Å². The lowest BCUT2D eigenvalue weighted by atomic mass is 10.0. The summed E-state index contributed by atoms with van der Waals surface area (Å²) >= 11 is 1.60. The van der Waals surface area contributed by atoms with Crippen molar-refractivity contribution in [3.8, 4) is 11.3 Å². The summed E-state index contributed by atoms with van der Waals surface area (Å²) in [6, 6.07) is 5.73. The Morgan fingerprint density at radius 2 is 2.06 bits per heavy atom. The SMILES string of the molecule is Cc1csc(C2CCCN2C(=O)c2cc(C(=O)NCCC3CCN3)cc(-c3cnccn3)c2)n1. The fraction of sp³-hybridized carbons (Fsp3) is 0.400. The van der Waals surface area contributed by atoms with Crippen LogP contribution in [0.3, 0.4) is 0 Å². The summed E-state index contributed by atoms with van der Waals surface area (Å²) in [6.07, 6.45) is 8.72. The Bertz CT molecular complexity index is 1180. The highest BCUT2D eigenvalue weighted by molar-refractivity contribution is 7.09. The van der Waals surface area contributed by atoms with E-state index >= 15 is 0 Å². The van der Waals surface area contributed by atoms with E-state index in [4.69, 9.17) is 0 Å². The fourth-order valence-electron chi connectivity index (χ4n) is 4.49. The number of nitrogens with one attached hydrogen (secondary N) is 2. The van der Waals surface area contributed by atoms with E-state index in [1.54, 1.807) is 42.1 Å². The Hall–Kier alpha value is -3.17. The maximum atomic E-state index is 13.7. The number of hydrogen-bond donors (Lipinski definition) is 2. The van der Waals surface area contributed by atoms with E-state index in [1.807, 2.05) is 23.3 Å². The number of likely N-dealkylation sites (tertiary alicyclic amines) is 1. The second-order valence-electron chi connectivity index (χ2n) is 8.86. The molecule has 2 unspecified atom stereocenters. The number of benzene rings is 1. The minimum atomic E-state index is -0.187. The van der Waals surface area contributed by atoms with Crippen LogP contribution in [-0.2, 0) is 0 Å². The summed E-state index contributed by atoms with van der Waals surface area (Å²) in [5, 5.41) is 9.33. The molecule has 5 rings (SSSR count). The predicted molar refractivity (Wildman–Crippen MR) is 131 cm³/mol. The molecule has 9 heteroatoms. The van der Waals surface area contributed by atoms with Crippen LogP contribution in [0, 0.1) is 6.92 Å². The molecule has 34 heavy (non-hydrogen) atoms. The zero-order valence-electron chi connectivity index (χ0n) is 19.2. The third-order valence-electron chi connectivity index (χ3n) is 6.44. The van der Waals surface area contributed by atoms with Gasteiger partial charge in [-0.15, -0.1) is 11.3 Å². The van der Waals surface area contributed by atoms with Gasteiger partial charge in [0.05, 0.1) is 17.9 Å². The standard InChI is InChI=1S/C25H28N6O2S/c1-16-15-34-24(30-16)22-3-2-10-31(22)25(33)19-12-17(21-14-26-8-9-28-21)11-18(13-19)23(32)29-7-5-20-4-6-27-20/h8-9,11-15,20,22,27H,2-7,10H2,1H3,(H,29,32). The highest BCUT2D eigenvalue weighted by Crippen LogP contribution is 2.35. The molecule has 176 valence electrons. The first kappa shape index (κ1) is 22.6. The average molecular weight is 477 g/mol. The van der Waals surface area contributed by atoms with Crippen LogP contribution in [0.1, 0.15) is 63.1 Å². The van der Waals surface area contributed by atoms with Crippen LogP contribution >= 0.6 is 11.3 Å². The molecule has 1 aromatic carbocycles. The maximum Gasteiger partial charge on any atom is 0.254 e. The van der Waals surface area contributed by atoms with Crippen molar-refractivity contribution in [3.05, 3.63) is 64.0 Å². The van der Waals surface area contributed by atoms with Gasteiger partial charge in [0.1, 0.15) is 5.01 Å². The first-order valence-electron chi connectivity index (χ1n) is 11.7. The second-order valence-corrected chi connectivity index (χ2v) is 9.75. The van der Waals surface area contributed by atoms with E-state index in [2.05, 4.69) is 25.6 Å². The summed E-state index contributed by atoms with van der Waals surface area (Å²) in [6.45, 7) is 4.28. The topological polar surface area (TPSA) is 100 Å². The second kappa shape index (κ2) is 9.99. The van der Waals surface area contributed by atoms with Crippen molar-refractivity contribution in [2.24, 2.45) is 0 Å². The third kappa shape index (κ3) is 4.85. The molecule has 2 saturated heterocycles. The van der Waals surface area contributed by atoms with E-state index in [0.717, 1.165) is 42.9 Å². The van der Waals surface area contributed by atoms with Crippen LogP contribution in [0.15, 0.2) is 42.2 Å². The van der Waals surface area contributed by atoms with Gasteiger partial charge >= 0.3 is 0 Å². The fourth-order valence-corrected chi connectivity index (χ4v) is 5.44. The van der Waals surface area contributed by atoms with Gasteiger partial charge in [-0.05, 0) is 57.4 Å². The first-order valence-corrected chi connectivity index (χ1v) is 12.6. The van der Waals surface area contributed by atoms with E-state index < -0.39 is 0 Å². The molecule has 0 bridgehead atoms. The van der Waals surface area contributed by atoms with Gasteiger partial charge in [-0.3, -0.25) is 19.6 Å². The molecule has 2 N–H and O–H groups in total. The lowest BCUT2D eigenvalue weighted by Gasteiger charge is -2.27. The van der Waals surface area contributed by atoms with Crippen molar-refractivity contribution in [1.82, 2.24) is 30.5 Å². The lowest BCUT2D eigenvalue weighted by molar-refractivity contribution is 0.0735. The van der Waals surface area contributed by atoms with Gasteiger partial charge in [0.15, 0.2) is 0 Å². The minimum Gasteiger partial charge on any atom is -0.352 e. The van der Waals surface area contributed by atoms with Gasteiger partial charge in [0.2, 0.25) is 0 Å². The summed E-state index contributed by atoms with van der Waals surface area (Å²) in [5.74, 6) is -0.276. The number of aromatic nitrogens is 3. The Balaban J connectivity index is 1.42. The Labute approximate surface area is 202 Å². The zero-order chi connectivity index (χ0) is 23.5. The smallest absolute Gasteiger partial charge is 0.254 e. The minimum absolute atomic E-state index is 0.0290. The van der Waals surface area contributed by atoms with Gasteiger partial charge in [-0.25, -0.2) is 4.98 Å². The Morgan fingerprint density at radius 1 is 1.21 bits per heavy atom. The molecule has 2 aromatic heterocycles. The Kier molecular flexibility index (Phi) is 6.64. The quantitative estimate of drug-likeness (QED) is 0.542. The van der Waals surface area contributed by atoms with Gasteiger partial charge in [0.25, 0.3) is 11.8 Å². The molecule has 2 fully saturated rings. The molecular weight excluding hydrogens is 448 g/mol. The molecule has 0 spiro atoms. The summed E-state index contributed by atoms with van der Waals surface area (Å²) < 4.78 is 0. The molecule has 2 atom stereocenters. The first-order chi connectivity index (χ1) is 16.6. The van der Waals surface area contributed by atoms with Crippen LogP contribution in [-0.4, -0.2) is 57.3 Å². The third-order valence-corrected chi connectivity index (χ3v) is 7.50. The lowest BCUT2D eigenvalue weighted by Crippen LogP contribution is -2.44. The summed E-state index contributed by atoms with van der Waals surface area (Å²) in [7, 11) is 0. The number of hydrogen-bond acceptors (Lipinski definition) is 7. The average Bonchev–Trinajstić information content (AvgIpc) is 3.49.